The molecule has 94 valence electrons. The van der Waals surface area contributed by atoms with Gasteiger partial charge in [0, 0.05) is 33.4 Å². The van der Waals surface area contributed by atoms with Gasteiger partial charge in [0.1, 0.15) is 5.69 Å². The lowest BCUT2D eigenvalue weighted by atomic mass is 10.2. The maximum Gasteiger partial charge on any atom is 0.270 e. The van der Waals surface area contributed by atoms with Crippen LogP contribution in [-0.2, 0) is 7.05 Å². The van der Waals surface area contributed by atoms with Gasteiger partial charge in [-0.2, -0.15) is 0 Å². The molecule has 2 heterocycles. The molecule has 1 amide bonds. The average Bonchev–Trinajstić information content (AvgIpc) is 2.82. The van der Waals surface area contributed by atoms with E-state index in [2.05, 4.69) is 5.32 Å². The predicted octanol–water partition coefficient (Wildman–Crippen LogP) is 0.0832. The van der Waals surface area contributed by atoms with Crippen molar-refractivity contribution in [1.82, 2.24) is 14.8 Å². The Morgan fingerprint density at radius 2 is 2.35 bits per heavy atom. The van der Waals surface area contributed by atoms with Crippen molar-refractivity contribution in [1.29, 1.82) is 0 Å². The molecule has 0 aromatic carbocycles. The summed E-state index contributed by atoms with van der Waals surface area (Å²) in [5, 5.41) is 13.3. The van der Waals surface area contributed by atoms with E-state index in [0.717, 1.165) is 0 Å². The zero-order chi connectivity index (χ0) is 12.6. The molecule has 6 heteroatoms. The van der Waals surface area contributed by atoms with Gasteiger partial charge in [0.05, 0.1) is 17.2 Å². The van der Waals surface area contributed by atoms with E-state index in [4.69, 9.17) is 11.6 Å². The molecule has 0 spiro atoms. The molecule has 0 radical (unpaired) electrons. The molecule has 1 aliphatic rings. The first-order valence-electron chi connectivity index (χ1n) is 5.48. The molecule has 2 N–H and O–H groups in total. The van der Waals surface area contributed by atoms with Crippen LogP contribution in [0.2, 0.25) is 5.02 Å². The zero-order valence-electron chi connectivity index (χ0n) is 9.85. The lowest BCUT2D eigenvalue weighted by Gasteiger charge is -2.26. The Morgan fingerprint density at radius 1 is 1.65 bits per heavy atom. The first kappa shape index (κ1) is 12.4. The van der Waals surface area contributed by atoms with Crippen LogP contribution < -0.4 is 5.32 Å². The van der Waals surface area contributed by atoms with Crippen molar-refractivity contribution < 1.29 is 9.90 Å². The summed E-state index contributed by atoms with van der Waals surface area (Å²) in [6.07, 6.45) is 1.17. The molecule has 5 nitrogen and oxygen atoms in total. The number of halogens is 1. The molecule has 0 aliphatic carbocycles. The SMILES string of the molecule is CN(C(=O)c1cc(Cl)cn1C)[C@@H]1CNC[C@H]1O. The molecule has 0 unspecified atom stereocenters. The Bertz CT molecular complexity index is 432. The van der Waals surface area contributed by atoms with E-state index < -0.39 is 6.10 Å². The molecular weight excluding hydrogens is 242 g/mol. The molecule has 17 heavy (non-hydrogen) atoms. The highest BCUT2D eigenvalue weighted by molar-refractivity contribution is 6.31. The third-order valence-corrected chi connectivity index (χ3v) is 3.37. The molecule has 1 saturated heterocycles. The minimum absolute atomic E-state index is 0.132. The van der Waals surface area contributed by atoms with Gasteiger partial charge in [0.15, 0.2) is 0 Å². The second kappa shape index (κ2) is 4.68. The van der Waals surface area contributed by atoms with E-state index >= 15 is 0 Å². The van der Waals surface area contributed by atoms with Crippen molar-refractivity contribution >= 4 is 17.5 Å². The number of amides is 1. The Balaban J connectivity index is 2.17. The van der Waals surface area contributed by atoms with E-state index in [-0.39, 0.29) is 11.9 Å². The Kier molecular flexibility index (Phi) is 3.42. The van der Waals surface area contributed by atoms with Crippen molar-refractivity contribution in [2.45, 2.75) is 12.1 Å². The number of aryl methyl sites for hydroxylation is 1. The largest absolute Gasteiger partial charge is 0.390 e. The fraction of sp³-hybridized carbons (Fsp3) is 0.545. The summed E-state index contributed by atoms with van der Waals surface area (Å²) >= 11 is 5.85. The lowest BCUT2D eigenvalue weighted by molar-refractivity contribution is 0.0572. The van der Waals surface area contributed by atoms with Crippen LogP contribution in [0.4, 0.5) is 0 Å². The first-order valence-corrected chi connectivity index (χ1v) is 5.86. The summed E-state index contributed by atoms with van der Waals surface area (Å²) in [7, 11) is 3.47. The number of aromatic nitrogens is 1. The van der Waals surface area contributed by atoms with Crippen LogP contribution >= 0.6 is 11.6 Å². The van der Waals surface area contributed by atoms with Crippen LogP contribution in [0.25, 0.3) is 0 Å². The fourth-order valence-corrected chi connectivity index (χ4v) is 2.36. The molecule has 1 fully saturated rings. The van der Waals surface area contributed by atoms with Crippen LogP contribution in [0, 0.1) is 0 Å². The Hall–Kier alpha value is -1.04. The van der Waals surface area contributed by atoms with Crippen LogP contribution in [0.1, 0.15) is 10.5 Å². The van der Waals surface area contributed by atoms with Gasteiger partial charge < -0.3 is 19.9 Å². The quantitative estimate of drug-likeness (QED) is 0.789. The van der Waals surface area contributed by atoms with Gasteiger partial charge in [-0.1, -0.05) is 11.6 Å². The number of nitrogens with one attached hydrogen (secondary N) is 1. The first-order chi connectivity index (χ1) is 8.00. The molecule has 1 aromatic heterocycles. The van der Waals surface area contributed by atoms with Gasteiger partial charge in [0.25, 0.3) is 5.91 Å². The molecule has 2 rings (SSSR count). The summed E-state index contributed by atoms with van der Waals surface area (Å²) in [4.78, 5) is 13.8. The Labute approximate surface area is 105 Å². The summed E-state index contributed by atoms with van der Waals surface area (Å²) < 4.78 is 1.69. The van der Waals surface area contributed by atoms with Gasteiger partial charge in [0.2, 0.25) is 0 Å². The zero-order valence-corrected chi connectivity index (χ0v) is 10.6. The summed E-state index contributed by atoms with van der Waals surface area (Å²) in [5.41, 5.74) is 0.525. The third kappa shape index (κ3) is 2.31. The number of hydrogen-bond donors (Lipinski definition) is 2. The molecule has 1 aromatic rings. The van der Waals surface area contributed by atoms with Crippen molar-refractivity contribution in [3.8, 4) is 0 Å². The minimum atomic E-state index is -0.514. The van der Waals surface area contributed by atoms with Crippen molar-refractivity contribution in [3.05, 3.63) is 23.0 Å². The number of likely N-dealkylation sites (N-methyl/N-ethyl adjacent to an activating group) is 1. The van der Waals surface area contributed by atoms with Crippen LogP contribution in [0.5, 0.6) is 0 Å². The molecule has 0 bridgehead atoms. The van der Waals surface area contributed by atoms with E-state index in [1.165, 1.54) is 0 Å². The van der Waals surface area contributed by atoms with Crippen LogP contribution in [0.15, 0.2) is 12.3 Å². The highest BCUT2D eigenvalue weighted by Gasteiger charge is 2.32. The molecule has 1 aliphatic heterocycles. The van der Waals surface area contributed by atoms with E-state index in [0.29, 0.717) is 23.8 Å². The number of aliphatic hydroxyl groups excluding tert-OH is 1. The maximum atomic E-state index is 12.2. The van der Waals surface area contributed by atoms with Crippen molar-refractivity contribution in [2.75, 3.05) is 20.1 Å². The van der Waals surface area contributed by atoms with E-state index in [1.807, 2.05) is 0 Å². The minimum Gasteiger partial charge on any atom is -0.390 e. The number of aliphatic hydroxyl groups is 1. The summed E-state index contributed by atoms with van der Waals surface area (Å²) in [6.45, 7) is 1.14. The molecule has 2 atom stereocenters. The molecular formula is C11H16ClN3O2. The second-order valence-corrected chi connectivity index (χ2v) is 4.80. The number of rotatable bonds is 2. The number of hydrogen-bond acceptors (Lipinski definition) is 3. The van der Waals surface area contributed by atoms with Crippen LogP contribution in [0.3, 0.4) is 0 Å². The average molecular weight is 258 g/mol. The maximum absolute atomic E-state index is 12.2. The summed E-state index contributed by atoms with van der Waals surface area (Å²) in [5.74, 6) is -0.132. The normalized spacial score (nSPS) is 24.0. The highest BCUT2D eigenvalue weighted by Crippen LogP contribution is 2.17. The van der Waals surface area contributed by atoms with Crippen LogP contribution in [-0.4, -0.2) is 52.8 Å². The standard InChI is InChI=1S/C11H16ClN3O2/c1-14-6-7(12)3-8(14)11(17)15(2)9-4-13-5-10(9)16/h3,6,9-10,13,16H,4-5H2,1-2H3/t9-,10-/m1/s1. The smallest absolute Gasteiger partial charge is 0.270 e. The molecule has 0 saturated carbocycles. The van der Waals surface area contributed by atoms with E-state index in [9.17, 15) is 9.90 Å². The monoisotopic (exact) mass is 257 g/mol. The van der Waals surface area contributed by atoms with Gasteiger partial charge in [-0.15, -0.1) is 0 Å². The fourth-order valence-electron chi connectivity index (χ4n) is 2.11. The van der Waals surface area contributed by atoms with Gasteiger partial charge in [-0.25, -0.2) is 0 Å². The van der Waals surface area contributed by atoms with Gasteiger partial charge in [-0.3, -0.25) is 4.79 Å². The lowest BCUT2D eigenvalue weighted by Crippen LogP contribution is -2.44. The number of nitrogens with zero attached hydrogens (tertiary/aromatic N) is 2. The topological polar surface area (TPSA) is 57.5 Å². The number of carbonyl (C=O) groups is 1. The Morgan fingerprint density at radius 3 is 2.82 bits per heavy atom. The number of carbonyl (C=O) groups excluding carboxylic acids is 1. The number of β-amino-alcohol motifs (C(OH)–C–C–N with tert-alkyl or cyclic N) is 1. The van der Waals surface area contributed by atoms with Crippen molar-refractivity contribution in [3.63, 3.8) is 0 Å². The second-order valence-electron chi connectivity index (χ2n) is 4.36. The van der Waals surface area contributed by atoms with E-state index in [1.54, 1.807) is 35.8 Å². The third-order valence-electron chi connectivity index (χ3n) is 3.16. The highest BCUT2D eigenvalue weighted by atomic mass is 35.5. The predicted molar refractivity (Wildman–Crippen MR) is 65.2 cm³/mol. The van der Waals surface area contributed by atoms with Gasteiger partial charge in [-0.05, 0) is 6.07 Å². The summed E-state index contributed by atoms with van der Waals surface area (Å²) in [6, 6.07) is 1.45. The van der Waals surface area contributed by atoms with Gasteiger partial charge >= 0.3 is 0 Å². The van der Waals surface area contributed by atoms with Crippen molar-refractivity contribution in [2.24, 2.45) is 7.05 Å².